The number of halogens is 2. The van der Waals surface area contributed by atoms with Crippen LogP contribution in [0.1, 0.15) is 17.4 Å². The Balaban J connectivity index is 2.37. The molecule has 100 valence electrons. The molecule has 0 fully saturated rings. The van der Waals surface area contributed by atoms with E-state index in [1.54, 1.807) is 6.20 Å². The minimum absolute atomic E-state index is 0.154. The standard InChI is InChI=1S/C14H14Br2N2O/c1-14(8-15,9-16)18-13(19)12-11-5-3-2-4-10(11)6-7-17-12/h2-7H,8-9H2,1H3,(H,18,19). The highest BCUT2D eigenvalue weighted by atomic mass is 79.9. The van der Waals surface area contributed by atoms with Crippen LogP contribution in [0.2, 0.25) is 0 Å². The van der Waals surface area contributed by atoms with Crippen LogP contribution in [0.4, 0.5) is 0 Å². The first-order chi connectivity index (χ1) is 9.09. The highest BCUT2D eigenvalue weighted by Crippen LogP contribution is 2.18. The molecule has 19 heavy (non-hydrogen) atoms. The molecule has 5 heteroatoms. The summed E-state index contributed by atoms with van der Waals surface area (Å²) in [6, 6.07) is 9.65. The van der Waals surface area contributed by atoms with Gasteiger partial charge in [-0.2, -0.15) is 0 Å². The number of aromatic nitrogens is 1. The Kier molecular flexibility index (Phi) is 4.58. The number of pyridine rings is 1. The van der Waals surface area contributed by atoms with Gasteiger partial charge in [0, 0.05) is 22.2 Å². The zero-order valence-corrected chi connectivity index (χ0v) is 13.7. The second kappa shape index (κ2) is 6.01. The molecule has 0 unspecified atom stereocenters. The van der Waals surface area contributed by atoms with Crippen LogP contribution in [0.15, 0.2) is 36.5 Å². The molecular formula is C14H14Br2N2O. The maximum absolute atomic E-state index is 12.4. The molecule has 1 heterocycles. The summed E-state index contributed by atoms with van der Waals surface area (Å²) in [6.45, 7) is 1.97. The first-order valence-corrected chi connectivity index (χ1v) is 8.12. The molecule has 2 aromatic rings. The van der Waals surface area contributed by atoms with Gasteiger partial charge in [-0.25, -0.2) is 0 Å². The van der Waals surface area contributed by atoms with Crippen molar-refractivity contribution in [1.29, 1.82) is 0 Å². The lowest BCUT2D eigenvalue weighted by Gasteiger charge is -2.26. The second-order valence-corrected chi connectivity index (χ2v) is 5.78. The fourth-order valence-corrected chi connectivity index (χ4v) is 2.95. The average molecular weight is 386 g/mol. The van der Waals surface area contributed by atoms with Crippen LogP contribution in [-0.4, -0.2) is 27.1 Å². The van der Waals surface area contributed by atoms with E-state index in [4.69, 9.17) is 0 Å². The van der Waals surface area contributed by atoms with Crippen molar-refractivity contribution in [3.05, 3.63) is 42.2 Å². The Hall–Kier alpha value is -0.940. The van der Waals surface area contributed by atoms with Gasteiger partial charge in [0.1, 0.15) is 5.69 Å². The Labute approximate surface area is 129 Å². The zero-order valence-electron chi connectivity index (χ0n) is 10.5. The number of hydrogen-bond donors (Lipinski definition) is 1. The predicted octanol–water partition coefficient (Wildman–Crippen LogP) is 3.51. The van der Waals surface area contributed by atoms with Crippen molar-refractivity contribution >= 4 is 48.5 Å². The van der Waals surface area contributed by atoms with E-state index in [1.807, 2.05) is 37.3 Å². The largest absolute Gasteiger partial charge is 0.344 e. The summed E-state index contributed by atoms with van der Waals surface area (Å²) in [6.07, 6.45) is 1.66. The van der Waals surface area contributed by atoms with E-state index in [-0.39, 0.29) is 11.4 Å². The van der Waals surface area contributed by atoms with Crippen LogP contribution in [0, 0.1) is 0 Å². The Morgan fingerprint density at radius 3 is 2.63 bits per heavy atom. The van der Waals surface area contributed by atoms with Crippen LogP contribution >= 0.6 is 31.9 Å². The number of hydrogen-bond acceptors (Lipinski definition) is 2. The van der Waals surface area contributed by atoms with Crippen molar-refractivity contribution < 1.29 is 4.79 Å². The summed E-state index contributed by atoms with van der Waals surface area (Å²) >= 11 is 6.84. The van der Waals surface area contributed by atoms with Crippen molar-refractivity contribution in [3.8, 4) is 0 Å². The lowest BCUT2D eigenvalue weighted by Crippen LogP contribution is -2.49. The van der Waals surface area contributed by atoms with Gasteiger partial charge in [0.05, 0.1) is 5.54 Å². The van der Waals surface area contributed by atoms with Crippen LogP contribution in [-0.2, 0) is 0 Å². The third-order valence-electron chi connectivity index (χ3n) is 2.89. The number of fused-ring (bicyclic) bond motifs is 1. The van der Waals surface area contributed by atoms with Crippen molar-refractivity contribution in [3.63, 3.8) is 0 Å². The third-order valence-corrected chi connectivity index (χ3v) is 5.37. The first kappa shape index (κ1) is 14.5. The Bertz CT molecular complexity index is 592. The molecule has 0 aliphatic rings. The van der Waals surface area contributed by atoms with E-state index in [0.717, 1.165) is 10.8 Å². The number of alkyl halides is 2. The Morgan fingerprint density at radius 1 is 1.26 bits per heavy atom. The van der Waals surface area contributed by atoms with E-state index < -0.39 is 0 Å². The number of nitrogens with one attached hydrogen (secondary N) is 1. The van der Waals surface area contributed by atoms with Gasteiger partial charge in [-0.15, -0.1) is 0 Å². The molecule has 0 atom stereocenters. The molecule has 1 N–H and O–H groups in total. The average Bonchev–Trinajstić information content (AvgIpc) is 2.46. The van der Waals surface area contributed by atoms with Crippen molar-refractivity contribution in [2.75, 3.05) is 10.7 Å². The van der Waals surface area contributed by atoms with Gasteiger partial charge in [0.15, 0.2) is 0 Å². The fraction of sp³-hybridized carbons (Fsp3) is 0.286. The summed E-state index contributed by atoms with van der Waals surface area (Å²) < 4.78 is 0. The molecule has 1 aromatic heterocycles. The number of carbonyl (C=O) groups is 1. The lowest BCUT2D eigenvalue weighted by molar-refractivity contribution is 0.0919. The topological polar surface area (TPSA) is 42.0 Å². The van der Waals surface area contributed by atoms with E-state index in [9.17, 15) is 4.79 Å². The number of benzene rings is 1. The monoisotopic (exact) mass is 384 g/mol. The summed E-state index contributed by atoms with van der Waals surface area (Å²) in [5.74, 6) is -0.154. The van der Waals surface area contributed by atoms with E-state index in [1.165, 1.54) is 0 Å². The van der Waals surface area contributed by atoms with Gasteiger partial charge in [-0.3, -0.25) is 9.78 Å². The number of amides is 1. The SMILES string of the molecule is CC(CBr)(CBr)NC(=O)c1nccc2ccccc12. The van der Waals surface area contributed by atoms with E-state index >= 15 is 0 Å². The highest BCUT2D eigenvalue weighted by Gasteiger charge is 2.25. The second-order valence-electron chi connectivity index (χ2n) is 4.66. The summed E-state index contributed by atoms with van der Waals surface area (Å²) in [5, 5.41) is 6.23. The molecule has 0 aliphatic carbocycles. The molecule has 0 saturated carbocycles. The van der Waals surface area contributed by atoms with Crippen LogP contribution < -0.4 is 5.32 Å². The Morgan fingerprint density at radius 2 is 1.95 bits per heavy atom. The molecule has 0 spiro atoms. The maximum atomic E-state index is 12.4. The minimum Gasteiger partial charge on any atom is -0.344 e. The third kappa shape index (κ3) is 3.15. The number of carbonyl (C=O) groups excluding carboxylic acids is 1. The normalized spacial score (nSPS) is 11.5. The van der Waals surface area contributed by atoms with Crippen molar-refractivity contribution in [1.82, 2.24) is 10.3 Å². The van der Waals surface area contributed by atoms with Gasteiger partial charge in [-0.05, 0) is 18.4 Å². The highest BCUT2D eigenvalue weighted by molar-refractivity contribution is 9.09. The minimum atomic E-state index is -0.338. The molecule has 0 aliphatic heterocycles. The molecule has 0 saturated heterocycles. The molecule has 0 bridgehead atoms. The predicted molar refractivity (Wildman–Crippen MR) is 85.2 cm³/mol. The molecule has 0 radical (unpaired) electrons. The maximum Gasteiger partial charge on any atom is 0.270 e. The zero-order chi connectivity index (χ0) is 13.9. The van der Waals surface area contributed by atoms with Gasteiger partial charge >= 0.3 is 0 Å². The summed E-state index contributed by atoms with van der Waals surface area (Å²) in [7, 11) is 0. The molecule has 3 nitrogen and oxygen atoms in total. The number of nitrogens with zero attached hydrogens (tertiary/aromatic N) is 1. The van der Waals surface area contributed by atoms with Gasteiger partial charge in [-0.1, -0.05) is 56.1 Å². The van der Waals surface area contributed by atoms with Crippen molar-refractivity contribution in [2.45, 2.75) is 12.5 Å². The summed E-state index contributed by atoms with van der Waals surface area (Å²) in [5.41, 5.74) is 0.127. The van der Waals surface area contributed by atoms with Crippen molar-refractivity contribution in [2.24, 2.45) is 0 Å². The molecule has 1 amide bonds. The lowest BCUT2D eigenvalue weighted by atomic mass is 10.1. The van der Waals surface area contributed by atoms with Gasteiger partial charge in [0.2, 0.25) is 0 Å². The van der Waals surface area contributed by atoms with Gasteiger partial charge in [0.25, 0.3) is 5.91 Å². The summed E-state index contributed by atoms with van der Waals surface area (Å²) in [4.78, 5) is 16.6. The van der Waals surface area contributed by atoms with E-state index in [0.29, 0.717) is 16.4 Å². The van der Waals surface area contributed by atoms with Crippen LogP contribution in [0.5, 0.6) is 0 Å². The quantitative estimate of drug-likeness (QED) is 0.818. The van der Waals surface area contributed by atoms with Crippen LogP contribution in [0.25, 0.3) is 10.8 Å². The first-order valence-electron chi connectivity index (χ1n) is 5.88. The van der Waals surface area contributed by atoms with E-state index in [2.05, 4.69) is 42.2 Å². The number of rotatable bonds is 4. The molecule has 1 aromatic carbocycles. The smallest absolute Gasteiger partial charge is 0.270 e. The van der Waals surface area contributed by atoms with Crippen LogP contribution in [0.3, 0.4) is 0 Å². The molecule has 2 rings (SSSR count). The molecular weight excluding hydrogens is 372 g/mol. The van der Waals surface area contributed by atoms with Gasteiger partial charge < -0.3 is 5.32 Å². The fourth-order valence-electron chi connectivity index (χ4n) is 1.74.